The van der Waals surface area contributed by atoms with Gasteiger partial charge in [0.05, 0.1) is 29.4 Å². The summed E-state index contributed by atoms with van der Waals surface area (Å²) >= 11 is 6.37. The maximum Gasteiger partial charge on any atom is 0.340 e. The highest BCUT2D eigenvalue weighted by Crippen LogP contribution is 2.34. The summed E-state index contributed by atoms with van der Waals surface area (Å²) in [7, 11) is 0. The molecule has 1 aliphatic carbocycles. The first-order valence-corrected chi connectivity index (χ1v) is 9.86. The molecule has 2 aliphatic rings. The average molecular weight is 428 g/mol. The van der Waals surface area contributed by atoms with Crippen LogP contribution >= 0.6 is 11.6 Å². The summed E-state index contributed by atoms with van der Waals surface area (Å²) in [5, 5.41) is -0.156. The fourth-order valence-electron chi connectivity index (χ4n) is 3.62. The normalized spacial score (nSPS) is 16.5. The number of amides is 1. The van der Waals surface area contributed by atoms with Crippen molar-refractivity contribution in [3.63, 3.8) is 0 Å². The number of hydrogen-bond donors (Lipinski definition) is 0. The first kappa shape index (κ1) is 20.3. The fourth-order valence-corrected chi connectivity index (χ4v) is 3.95. The van der Waals surface area contributed by atoms with Crippen molar-refractivity contribution in [2.75, 3.05) is 26.3 Å². The van der Waals surface area contributed by atoms with Gasteiger partial charge in [0.25, 0.3) is 5.91 Å². The van der Waals surface area contributed by atoms with Gasteiger partial charge >= 0.3 is 5.97 Å². The number of halogens is 1. The van der Waals surface area contributed by atoms with Gasteiger partial charge in [0.2, 0.25) is 0 Å². The number of nitrogens with zero attached hydrogens (tertiary/aromatic N) is 1. The van der Waals surface area contributed by atoms with Crippen LogP contribution in [-0.4, -0.2) is 60.8 Å². The summed E-state index contributed by atoms with van der Waals surface area (Å²) in [4.78, 5) is 52.4. The van der Waals surface area contributed by atoms with E-state index in [2.05, 4.69) is 0 Å². The van der Waals surface area contributed by atoms with E-state index in [0.29, 0.717) is 31.9 Å². The number of esters is 1. The summed E-state index contributed by atoms with van der Waals surface area (Å²) in [5.74, 6) is -1.94. The molecule has 4 rings (SSSR count). The number of carbonyl (C=O) groups is 4. The highest BCUT2D eigenvalue weighted by molar-refractivity contribution is 6.41. The summed E-state index contributed by atoms with van der Waals surface area (Å²) < 4.78 is 10.5. The van der Waals surface area contributed by atoms with Crippen LogP contribution in [0, 0.1) is 0 Å². The van der Waals surface area contributed by atoms with Crippen LogP contribution in [0.3, 0.4) is 0 Å². The van der Waals surface area contributed by atoms with Crippen molar-refractivity contribution < 1.29 is 28.7 Å². The van der Waals surface area contributed by atoms with Crippen LogP contribution in [0.4, 0.5) is 0 Å². The molecule has 0 bridgehead atoms. The van der Waals surface area contributed by atoms with Gasteiger partial charge in [-0.15, -0.1) is 0 Å². The van der Waals surface area contributed by atoms with Gasteiger partial charge in [-0.2, -0.15) is 0 Å². The summed E-state index contributed by atoms with van der Waals surface area (Å²) in [5.41, 5.74) is 0.571. The van der Waals surface area contributed by atoms with Crippen LogP contribution in [0.2, 0.25) is 5.02 Å². The van der Waals surface area contributed by atoms with E-state index in [9.17, 15) is 19.2 Å². The Labute approximate surface area is 177 Å². The van der Waals surface area contributed by atoms with Crippen LogP contribution in [0.25, 0.3) is 0 Å². The first-order chi connectivity index (χ1) is 14.4. The lowest BCUT2D eigenvalue weighted by Crippen LogP contribution is -2.46. The van der Waals surface area contributed by atoms with E-state index in [1.165, 1.54) is 19.1 Å². The SMILES string of the molecule is C[C@H](OC(=O)c1ccc2c(c1Cl)C(=O)c1ccccc1C2=O)C(=O)N1CCOCC1. The molecule has 1 heterocycles. The van der Waals surface area contributed by atoms with Gasteiger partial charge in [0.1, 0.15) is 0 Å². The number of benzene rings is 2. The summed E-state index contributed by atoms with van der Waals surface area (Å²) in [6.07, 6.45) is -1.03. The van der Waals surface area contributed by atoms with E-state index in [1.807, 2.05) is 0 Å². The maximum absolute atomic E-state index is 12.9. The average Bonchev–Trinajstić information content (AvgIpc) is 2.77. The molecule has 30 heavy (non-hydrogen) atoms. The van der Waals surface area contributed by atoms with Crippen molar-refractivity contribution in [3.05, 3.63) is 69.2 Å². The van der Waals surface area contributed by atoms with Crippen LogP contribution in [0.1, 0.15) is 49.1 Å². The van der Waals surface area contributed by atoms with Gasteiger partial charge < -0.3 is 14.4 Å². The number of carbonyl (C=O) groups excluding carboxylic acids is 4. The number of fused-ring (bicyclic) bond motifs is 2. The first-order valence-electron chi connectivity index (χ1n) is 9.48. The molecule has 0 spiro atoms. The van der Waals surface area contributed by atoms with Crippen molar-refractivity contribution in [1.29, 1.82) is 0 Å². The third-order valence-electron chi connectivity index (χ3n) is 5.20. The minimum absolute atomic E-state index is 0.0259. The number of morpholine rings is 1. The van der Waals surface area contributed by atoms with E-state index < -0.39 is 17.9 Å². The Morgan fingerprint density at radius 1 is 1.00 bits per heavy atom. The Balaban J connectivity index is 1.60. The molecule has 1 fully saturated rings. The standard InChI is InChI=1S/C22H18ClNO6/c1-12(21(27)24-8-10-29-11-9-24)30-22(28)16-7-6-15-17(18(16)23)20(26)14-5-3-2-4-13(14)19(15)25/h2-7,12H,8-11H2,1H3/t12-/m0/s1. The number of ketones is 2. The van der Waals surface area contributed by atoms with E-state index >= 15 is 0 Å². The fraction of sp³-hybridized carbons (Fsp3) is 0.273. The van der Waals surface area contributed by atoms with Crippen molar-refractivity contribution >= 4 is 35.0 Å². The molecular weight excluding hydrogens is 410 g/mol. The van der Waals surface area contributed by atoms with Crippen molar-refractivity contribution in [2.24, 2.45) is 0 Å². The molecule has 2 aromatic rings. The molecule has 1 aliphatic heterocycles. The molecule has 0 unspecified atom stereocenters. The van der Waals surface area contributed by atoms with Gasteiger partial charge in [0.15, 0.2) is 17.7 Å². The molecule has 0 radical (unpaired) electrons. The molecule has 154 valence electrons. The summed E-state index contributed by atoms with van der Waals surface area (Å²) in [6, 6.07) is 9.18. The zero-order valence-electron chi connectivity index (χ0n) is 16.1. The molecule has 0 N–H and O–H groups in total. The third-order valence-corrected chi connectivity index (χ3v) is 5.60. The van der Waals surface area contributed by atoms with Gasteiger partial charge in [-0.05, 0) is 19.1 Å². The van der Waals surface area contributed by atoms with E-state index in [-0.39, 0.29) is 39.0 Å². The molecule has 0 aromatic heterocycles. The molecule has 2 aromatic carbocycles. The smallest absolute Gasteiger partial charge is 0.340 e. The predicted octanol–water partition coefficient (Wildman–Crippen LogP) is 2.52. The Morgan fingerprint density at radius 3 is 2.30 bits per heavy atom. The lowest BCUT2D eigenvalue weighted by molar-refractivity contribution is -0.143. The van der Waals surface area contributed by atoms with Gasteiger partial charge in [-0.25, -0.2) is 4.79 Å². The number of ether oxygens (including phenoxy) is 2. The third kappa shape index (κ3) is 3.40. The minimum Gasteiger partial charge on any atom is -0.449 e. The molecule has 0 saturated carbocycles. The minimum atomic E-state index is -1.03. The highest BCUT2D eigenvalue weighted by atomic mass is 35.5. The second-order valence-electron chi connectivity index (χ2n) is 7.04. The monoisotopic (exact) mass is 427 g/mol. The highest BCUT2D eigenvalue weighted by Gasteiger charge is 2.34. The molecule has 1 saturated heterocycles. The largest absolute Gasteiger partial charge is 0.449 e. The van der Waals surface area contributed by atoms with Gasteiger partial charge in [0, 0.05) is 29.8 Å². The van der Waals surface area contributed by atoms with Gasteiger partial charge in [-0.1, -0.05) is 35.9 Å². The maximum atomic E-state index is 12.9. The second-order valence-corrected chi connectivity index (χ2v) is 7.42. The quantitative estimate of drug-likeness (QED) is 0.597. The van der Waals surface area contributed by atoms with Crippen LogP contribution < -0.4 is 0 Å². The van der Waals surface area contributed by atoms with E-state index in [1.54, 1.807) is 29.2 Å². The van der Waals surface area contributed by atoms with Crippen LogP contribution in [-0.2, 0) is 14.3 Å². The zero-order valence-corrected chi connectivity index (χ0v) is 16.9. The topological polar surface area (TPSA) is 90.0 Å². The Morgan fingerprint density at radius 2 is 1.63 bits per heavy atom. The number of hydrogen-bond acceptors (Lipinski definition) is 6. The van der Waals surface area contributed by atoms with Crippen LogP contribution in [0.15, 0.2) is 36.4 Å². The second kappa shape index (κ2) is 8.01. The molecule has 7 nitrogen and oxygen atoms in total. The van der Waals surface area contributed by atoms with E-state index in [0.717, 1.165) is 0 Å². The zero-order chi connectivity index (χ0) is 21.4. The lowest BCUT2D eigenvalue weighted by atomic mass is 9.83. The molecule has 1 atom stereocenters. The Hall–Kier alpha value is -3.03. The summed E-state index contributed by atoms with van der Waals surface area (Å²) in [6.45, 7) is 3.20. The van der Waals surface area contributed by atoms with Gasteiger partial charge in [-0.3, -0.25) is 14.4 Å². The predicted molar refractivity (Wildman–Crippen MR) is 107 cm³/mol. The lowest BCUT2D eigenvalue weighted by Gasteiger charge is -2.29. The Kier molecular flexibility index (Phi) is 5.40. The van der Waals surface area contributed by atoms with Crippen molar-refractivity contribution in [3.8, 4) is 0 Å². The molecule has 1 amide bonds. The molecular formula is C22H18ClNO6. The van der Waals surface area contributed by atoms with Crippen molar-refractivity contribution in [1.82, 2.24) is 4.90 Å². The molecule has 8 heteroatoms. The Bertz CT molecular complexity index is 1070. The van der Waals surface area contributed by atoms with Crippen LogP contribution in [0.5, 0.6) is 0 Å². The van der Waals surface area contributed by atoms with Crippen molar-refractivity contribution in [2.45, 2.75) is 13.0 Å². The van der Waals surface area contributed by atoms with E-state index in [4.69, 9.17) is 21.1 Å². The number of rotatable bonds is 3.